The maximum absolute atomic E-state index is 12.4. The van der Waals surface area contributed by atoms with Gasteiger partial charge in [-0.15, -0.1) is 16.4 Å². The highest BCUT2D eigenvalue weighted by Gasteiger charge is 2.19. The van der Waals surface area contributed by atoms with Crippen LogP contribution in [0.5, 0.6) is 5.75 Å². The largest absolute Gasteiger partial charge is 0.493 e. The molecule has 9 heteroatoms. The third-order valence-corrected chi connectivity index (χ3v) is 5.11. The van der Waals surface area contributed by atoms with Crippen LogP contribution >= 0.6 is 11.3 Å². The molecule has 5 rings (SSSR count). The number of hydrogen-bond donors (Lipinski definition) is 1. The fourth-order valence-electron chi connectivity index (χ4n) is 2.80. The highest BCUT2D eigenvalue weighted by Crippen LogP contribution is 2.33. The Morgan fingerprint density at radius 3 is 2.86 bits per heavy atom. The van der Waals surface area contributed by atoms with E-state index in [1.54, 1.807) is 19.2 Å². The molecule has 2 aromatic carbocycles. The second kappa shape index (κ2) is 6.46. The first-order chi connectivity index (χ1) is 13.7. The molecule has 3 heterocycles. The standard InChI is InChI=1S/C19H12N4O4S/c1-25-12-7-4-5-10-9-13(26-15(10)12)17-22-23-19(27-17)21-16(24)18-20-11-6-2-3-8-14(11)28-18/h2-9H,1H3,(H,21,23,24). The number of fused-ring (bicyclic) bond motifs is 2. The van der Waals surface area contributed by atoms with Crippen molar-refractivity contribution in [1.29, 1.82) is 0 Å². The molecule has 0 spiro atoms. The Labute approximate surface area is 161 Å². The second-order valence-electron chi connectivity index (χ2n) is 5.84. The van der Waals surface area contributed by atoms with Crippen LogP contribution in [0, 0.1) is 0 Å². The van der Waals surface area contributed by atoms with E-state index in [9.17, 15) is 4.79 Å². The van der Waals surface area contributed by atoms with E-state index >= 15 is 0 Å². The lowest BCUT2D eigenvalue weighted by Gasteiger charge is -1.98. The molecule has 1 amide bonds. The molecule has 8 nitrogen and oxygen atoms in total. The molecule has 0 bridgehead atoms. The predicted octanol–water partition coefficient (Wildman–Crippen LogP) is 4.35. The summed E-state index contributed by atoms with van der Waals surface area (Å²) in [5, 5.41) is 11.5. The molecule has 0 radical (unpaired) electrons. The van der Waals surface area contributed by atoms with Crippen molar-refractivity contribution in [3.63, 3.8) is 0 Å². The fraction of sp³-hybridized carbons (Fsp3) is 0.0526. The van der Waals surface area contributed by atoms with Gasteiger partial charge in [-0.1, -0.05) is 29.4 Å². The number of carbonyl (C=O) groups is 1. The lowest BCUT2D eigenvalue weighted by molar-refractivity contribution is 0.102. The topological polar surface area (TPSA) is 103 Å². The van der Waals surface area contributed by atoms with Gasteiger partial charge >= 0.3 is 6.01 Å². The number of nitrogens with one attached hydrogen (secondary N) is 1. The Morgan fingerprint density at radius 1 is 1.11 bits per heavy atom. The van der Waals surface area contributed by atoms with Crippen molar-refractivity contribution in [2.75, 3.05) is 12.4 Å². The molecule has 0 saturated carbocycles. The molecule has 0 aliphatic heterocycles. The third kappa shape index (κ3) is 2.78. The van der Waals surface area contributed by atoms with Crippen LogP contribution in [0.3, 0.4) is 0 Å². The van der Waals surface area contributed by atoms with Crippen molar-refractivity contribution >= 4 is 44.4 Å². The van der Waals surface area contributed by atoms with Crippen molar-refractivity contribution in [3.05, 3.63) is 53.5 Å². The van der Waals surface area contributed by atoms with Gasteiger partial charge in [0.25, 0.3) is 11.8 Å². The van der Waals surface area contributed by atoms with Crippen LogP contribution in [0.15, 0.2) is 57.4 Å². The fourth-order valence-corrected chi connectivity index (χ4v) is 3.66. The average molecular weight is 392 g/mol. The summed E-state index contributed by atoms with van der Waals surface area (Å²) in [7, 11) is 1.57. The molecule has 1 N–H and O–H groups in total. The van der Waals surface area contributed by atoms with Gasteiger partial charge in [0.05, 0.1) is 17.3 Å². The SMILES string of the molecule is COc1cccc2cc(-c3nnc(NC(=O)c4nc5ccccc5s4)o3)oc12. The summed E-state index contributed by atoms with van der Waals surface area (Å²) >= 11 is 1.29. The summed E-state index contributed by atoms with van der Waals surface area (Å²) in [4.78, 5) is 16.7. The predicted molar refractivity (Wildman–Crippen MR) is 104 cm³/mol. The molecule has 0 unspecified atom stereocenters. The number of furan rings is 1. The molecule has 0 atom stereocenters. The number of rotatable bonds is 4. The minimum atomic E-state index is -0.414. The molecule has 0 saturated heterocycles. The van der Waals surface area contributed by atoms with Crippen LogP contribution in [0.1, 0.15) is 9.80 Å². The van der Waals surface area contributed by atoms with Crippen molar-refractivity contribution in [2.24, 2.45) is 0 Å². The number of nitrogens with zero attached hydrogens (tertiary/aromatic N) is 3. The van der Waals surface area contributed by atoms with Crippen LogP contribution in [0.2, 0.25) is 0 Å². The average Bonchev–Trinajstić information content (AvgIpc) is 3.44. The van der Waals surface area contributed by atoms with Crippen LogP contribution in [-0.4, -0.2) is 28.2 Å². The summed E-state index contributed by atoms with van der Waals surface area (Å²) in [5.41, 5.74) is 1.35. The zero-order valence-corrected chi connectivity index (χ0v) is 15.3. The molecule has 5 aromatic rings. The number of benzene rings is 2. The zero-order chi connectivity index (χ0) is 19.1. The molecule has 0 aliphatic carbocycles. The van der Waals surface area contributed by atoms with Gasteiger partial charge in [-0.05, 0) is 24.3 Å². The summed E-state index contributed by atoms with van der Waals surface area (Å²) < 4.78 is 17.5. The lowest BCUT2D eigenvalue weighted by Crippen LogP contribution is -2.11. The van der Waals surface area contributed by atoms with E-state index in [1.807, 2.05) is 36.4 Å². The molecule has 3 aromatic heterocycles. The number of methoxy groups -OCH3 is 1. The number of amides is 1. The number of carbonyl (C=O) groups excluding carboxylic acids is 1. The number of anilines is 1. The van der Waals surface area contributed by atoms with E-state index in [4.69, 9.17) is 13.6 Å². The molecule has 0 fully saturated rings. The molecular formula is C19H12N4O4S. The highest BCUT2D eigenvalue weighted by atomic mass is 32.1. The zero-order valence-electron chi connectivity index (χ0n) is 14.5. The molecular weight excluding hydrogens is 380 g/mol. The number of ether oxygens (including phenoxy) is 1. The van der Waals surface area contributed by atoms with Gasteiger partial charge in [0.1, 0.15) is 0 Å². The maximum atomic E-state index is 12.4. The normalized spacial score (nSPS) is 11.2. The van der Waals surface area contributed by atoms with E-state index in [1.165, 1.54) is 11.3 Å². The first-order valence-electron chi connectivity index (χ1n) is 8.28. The Kier molecular flexibility index (Phi) is 3.80. The van der Waals surface area contributed by atoms with E-state index < -0.39 is 5.91 Å². The molecule has 138 valence electrons. The Hall–Kier alpha value is -3.72. The van der Waals surface area contributed by atoms with Crippen LogP contribution < -0.4 is 10.1 Å². The van der Waals surface area contributed by atoms with E-state index in [0.29, 0.717) is 22.1 Å². The smallest absolute Gasteiger partial charge is 0.323 e. The Bertz CT molecular complexity index is 1290. The maximum Gasteiger partial charge on any atom is 0.323 e. The van der Waals surface area contributed by atoms with Gasteiger partial charge < -0.3 is 13.6 Å². The Morgan fingerprint density at radius 2 is 2.00 bits per heavy atom. The minimum absolute atomic E-state index is 0.0355. The number of thiazole rings is 1. The second-order valence-corrected chi connectivity index (χ2v) is 6.87. The molecule has 0 aliphatic rings. The summed E-state index contributed by atoms with van der Waals surface area (Å²) in [6.07, 6.45) is 0. The first-order valence-corrected chi connectivity index (χ1v) is 9.10. The molecule has 28 heavy (non-hydrogen) atoms. The Balaban J connectivity index is 1.41. The third-order valence-electron chi connectivity index (χ3n) is 4.07. The first kappa shape index (κ1) is 16.5. The van der Waals surface area contributed by atoms with E-state index in [2.05, 4.69) is 20.5 Å². The van der Waals surface area contributed by atoms with Crippen molar-refractivity contribution in [3.8, 4) is 17.4 Å². The van der Waals surface area contributed by atoms with Gasteiger partial charge in [-0.25, -0.2) is 4.98 Å². The van der Waals surface area contributed by atoms with Gasteiger partial charge in [0, 0.05) is 5.39 Å². The minimum Gasteiger partial charge on any atom is -0.493 e. The highest BCUT2D eigenvalue weighted by molar-refractivity contribution is 7.20. The summed E-state index contributed by atoms with van der Waals surface area (Å²) in [5.74, 6) is 0.723. The van der Waals surface area contributed by atoms with Crippen LogP contribution in [0.25, 0.3) is 32.8 Å². The van der Waals surface area contributed by atoms with Gasteiger partial charge in [0.2, 0.25) is 0 Å². The lowest BCUT2D eigenvalue weighted by atomic mass is 10.2. The summed E-state index contributed by atoms with van der Waals surface area (Å²) in [6.45, 7) is 0. The quantitative estimate of drug-likeness (QED) is 0.485. The number of hydrogen-bond acceptors (Lipinski definition) is 8. The van der Waals surface area contributed by atoms with E-state index in [0.717, 1.165) is 15.6 Å². The van der Waals surface area contributed by atoms with Crippen molar-refractivity contribution in [2.45, 2.75) is 0 Å². The van der Waals surface area contributed by atoms with Crippen LogP contribution in [0.4, 0.5) is 6.01 Å². The number of para-hydroxylation sites is 2. The number of aromatic nitrogens is 3. The van der Waals surface area contributed by atoms with Gasteiger partial charge in [-0.2, -0.15) is 0 Å². The van der Waals surface area contributed by atoms with Crippen molar-refractivity contribution < 1.29 is 18.4 Å². The van der Waals surface area contributed by atoms with Crippen LogP contribution in [-0.2, 0) is 0 Å². The summed E-state index contributed by atoms with van der Waals surface area (Å²) in [6, 6.07) is 14.8. The monoisotopic (exact) mass is 392 g/mol. The van der Waals surface area contributed by atoms with Gasteiger partial charge in [0.15, 0.2) is 22.1 Å². The van der Waals surface area contributed by atoms with E-state index in [-0.39, 0.29) is 11.9 Å². The van der Waals surface area contributed by atoms with Crippen molar-refractivity contribution in [1.82, 2.24) is 15.2 Å². The van der Waals surface area contributed by atoms with Gasteiger partial charge in [-0.3, -0.25) is 10.1 Å².